The number of fused-ring (bicyclic) bond motifs is 1. The van der Waals surface area contributed by atoms with E-state index in [0.717, 1.165) is 59.5 Å². The summed E-state index contributed by atoms with van der Waals surface area (Å²) >= 11 is 0. The molecule has 0 saturated heterocycles. The minimum Gasteiger partial charge on any atom is -0.446 e. The minimum atomic E-state index is -1.28. The van der Waals surface area contributed by atoms with Gasteiger partial charge in [-0.2, -0.15) is 0 Å². The number of alkyl carbamates (subject to hydrolysis) is 1. The second kappa shape index (κ2) is 10.7. The van der Waals surface area contributed by atoms with Crippen molar-refractivity contribution in [1.82, 2.24) is 15.6 Å². The lowest BCUT2D eigenvalue weighted by molar-refractivity contribution is -0.128. The maximum atomic E-state index is 13.9. The maximum Gasteiger partial charge on any atom is 0.408 e. The molecule has 1 aromatic heterocycles. The predicted octanol–water partition coefficient (Wildman–Crippen LogP) is 4.74. The van der Waals surface area contributed by atoms with E-state index in [0.29, 0.717) is 18.3 Å². The molecule has 0 unspecified atom stereocenters. The Labute approximate surface area is 229 Å². The number of H-pyrrole nitrogens is 1. The van der Waals surface area contributed by atoms with Gasteiger partial charge < -0.3 is 25.5 Å². The van der Waals surface area contributed by atoms with Gasteiger partial charge in [0.15, 0.2) is 0 Å². The first-order valence-electron chi connectivity index (χ1n) is 14.4. The zero-order chi connectivity index (χ0) is 27.0. The van der Waals surface area contributed by atoms with E-state index >= 15 is 0 Å². The molecule has 4 N–H and O–H groups in total. The number of amides is 2. The average molecular weight is 530 g/mol. The fourth-order valence-corrected chi connectivity index (χ4v) is 7.69. The van der Waals surface area contributed by atoms with E-state index in [2.05, 4.69) is 15.6 Å². The molecule has 4 aliphatic carbocycles. The van der Waals surface area contributed by atoms with Gasteiger partial charge in [0.25, 0.3) is 0 Å². The summed E-state index contributed by atoms with van der Waals surface area (Å²) in [5.74, 6) is 2.10. The van der Waals surface area contributed by atoms with E-state index < -0.39 is 17.7 Å². The zero-order valence-electron chi connectivity index (χ0n) is 22.6. The molecule has 4 bridgehead atoms. The van der Waals surface area contributed by atoms with Gasteiger partial charge in [-0.1, -0.05) is 48.5 Å². The minimum absolute atomic E-state index is 0.0681. The Morgan fingerprint density at radius 3 is 2.36 bits per heavy atom. The van der Waals surface area contributed by atoms with Gasteiger partial charge in [0, 0.05) is 23.5 Å². The Morgan fingerprint density at radius 2 is 1.67 bits per heavy atom. The predicted molar refractivity (Wildman–Crippen MR) is 150 cm³/mol. The summed E-state index contributed by atoms with van der Waals surface area (Å²) in [6.07, 6.45) is 8.00. The van der Waals surface area contributed by atoms with Crippen LogP contribution in [0.1, 0.15) is 50.2 Å². The first kappa shape index (κ1) is 25.9. The Morgan fingerprint density at radius 1 is 1.00 bits per heavy atom. The first-order valence-corrected chi connectivity index (χ1v) is 14.4. The molecule has 0 spiro atoms. The third-order valence-electron chi connectivity index (χ3n) is 9.36. The van der Waals surface area contributed by atoms with Crippen molar-refractivity contribution < 1.29 is 19.4 Å². The highest BCUT2D eigenvalue weighted by molar-refractivity contribution is 5.91. The molecule has 0 aliphatic heterocycles. The van der Waals surface area contributed by atoms with E-state index in [4.69, 9.17) is 4.74 Å². The van der Waals surface area contributed by atoms with E-state index in [1.54, 1.807) is 6.92 Å². The molecule has 4 aliphatic rings. The van der Waals surface area contributed by atoms with Gasteiger partial charge in [0.2, 0.25) is 5.91 Å². The van der Waals surface area contributed by atoms with Gasteiger partial charge in [-0.25, -0.2) is 4.79 Å². The molecule has 206 valence electrons. The molecular weight excluding hydrogens is 490 g/mol. The van der Waals surface area contributed by atoms with Crippen LogP contribution in [0.2, 0.25) is 0 Å². The molecule has 0 radical (unpaired) electrons. The number of nitrogens with one attached hydrogen (secondary N) is 3. The van der Waals surface area contributed by atoms with Crippen LogP contribution in [-0.2, 0) is 22.4 Å². The zero-order valence-corrected chi connectivity index (χ0v) is 22.6. The summed E-state index contributed by atoms with van der Waals surface area (Å²) in [4.78, 5) is 30.6. The number of rotatable bonds is 9. The molecule has 4 fully saturated rings. The van der Waals surface area contributed by atoms with E-state index in [1.807, 2.05) is 60.8 Å². The van der Waals surface area contributed by atoms with Crippen LogP contribution >= 0.6 is 0 Å². The average Bonchev–Trinajstić information content (AvgIpc) is 3.32. The summed E-state index contributed by atoms with van der Waals surface area (Å²) in [5.41, 5.74) is 1.65. The highest BCUT2D eigenvalue weighted by Crippen LogP contribution is 2.54. The van der Waals surface area contributed by atoms with Crippen LogP contribution in [0.3, 0.4) is 0 Å². The van der Waals surface area contributed by atoms with Crippen LogP contribution in [0.4, 0.5) is 4.79 Å². The molecule has 7 rings (SSSR count). The van der Waals surface area contributed by atoms with Crippen LogP contribution in [0.5, 0.6) is 0 Å². The van der Waals surface area contributed by atoms with Gasteiger partial charge in [-0.15, -0.1) is 0 Å². The van der Waals surface area contributed by atoms with Crippen LogP contribution in [-0.4, -0.2) is 46.4 Å². The van der Waals surface area contributed by atoms with Crippen molar-refractivity contribution >= 4 is 22.9 Å². The van der Waals surface area contributed by atoms with Crippen molar-refractivity contribution in [2.75, 3.05) is 6.61 Å². The van der Waals surface area contributed by atoms with Crippen LogP contribution < -0.4 is 10.6 Å². The fourth-order valence-electron chi connectivity index (χ4n) is 7.69. The maximum absolute atomic E-state index is 13.9. The Balaban J connectivity index is 1.20. The van der Waals surface area contributed by atoms with Gasteiger partial charge >= 0.3 is 6.09 Å². The second-order valence-electron chi connectivity index (χ2n) is 12.3. The van der Waals surface area contributed by atoms with E-state index in [1.165, 1.54) is 6.42 Å². The van der Waals surface area contributed by atoms with Crippen molar-refractivity contribution in [3.05, 3.63) is 71.9 Å². The number of carbonyl (C=O) groups excluding carboxylic acids is 2. The smallest absolute Gasteiger partial charge is 0.408 e. The summed E-state index contributed by atoms with van der Waals surface area (Å²) in [6, 6.07) is 17.2. The number of ether oxygens (including phenoxy) is 1. The molecule has 1 heterocycles. The van der Waals surface area contributed by atoms with Crippen molar-refractivity contribution in [2.45, 2.75) is 69.6 Å². The molecule has 7 heteroatoms. The number of aliphatic hydroxyl groups is 1. The van der Waals surface area contributed by atoms with Crippen molar-refractivity contribution in [2.24, 2.45) is 23.7 Å². The number of para-hydroxylation sites is 1. The normalized spacial score (nSPS) is 27.6. The molecule has 39 heavy (non-hydrogen) atoms. The largest absolute Gasteiger partial charge is 0.446 e. The monoisotopic (exact) mass is 529 g/mol. The molecular formula is C32H39N3O4. The quantitative estimate of drug-likeness (QED) is 0.321. The van der Waals surface area contributed by atoms with Gasteiger partial charge in [-0.05, 0) is 86.3 Å². The Hall–Kier alpha value is -3.32. The van der Waals surface area contributed by atoms with E-state index in [9.17, 15) is 14.7 Å². The third kappa shape index (κ3) is 5.42. The number of carbonyl (C=O) groups is 2. The number of hydrogen-bond donors (Lipinski definition) is 4. The summed E-state index contributed by atoms with van der Waals surface area (Å²) in [6.45, 7) is 1.54. The topological polar surface area (TPSA) is 103 Å². The number of benzene rings is 2. The molecule has 2 amide bonds. The van der Waals surface area contributed by atoms with Crippen molar-refractivity contribution in [3.8, 4) is 0 Å². The number of aliphatic hydroxyl groups excluding tert-OH is 1. The first-order chi connectivity index (χ1) is 18.9. The number of aromatic amines is 1. The molecule has 3 aromatic rings. The standard InChI is InChI=1S/C32H39N3O4/c1-32(17-25-18-33-28-10-6-5-9-27(25)28,30(37)34-26(19-36)16-20-7-3-2-4-8-20)35-31(38)39-29-23-12-21-11-22(14-23)15-24(29)13-21/h2-10,18,21-24,26,29,33,36H,11-17,19H2,1H3,(H,34,37)(H,35,38)/t21?,22?,23?,24?,26-,29?,32+/m0/s1. The molecule has 2 aromatic carbocycles. The van der Waals surface area contributed by atoms with Crippen molar-refractivity contribution in [3.63, 3.8) is 0 Å². The summed E-state index contributed by atoms with van der Waals surface area (Å²) in [5, 5.41) is 17.1. The van der Waals surface area contributed by atoms with Gasteiger partial charge in [0.05, 0.1) is 12.6 Å². The van der Waals surface area contributed by atoms with Crippen LogP contribution in [0.25, 0.3) is 10.9 Å². The number of hydrogen-bond acceptors (Lipinski definition) is 4. The SMILES string of the molecule is C[C@](Cc1c[nH]c2ccccc12)(NC(=O)OC1C2CC3CC(C2)CC1C3)C(=O)N[C@H](CO)Cc1ccccc1. The van der Waals surface area contributed by atoms with Gasteiger partial charge in [-0.3, -0.25) is 4.79 Å². The Kier molecular flexibility index (Phi) is 7.10. The Bertz CT molecular complexity index is 1290. The lowest BCUT2D eigenvalue weighted by atomic mass is 9.55. The van der Waals surface area contributed by atoms with Crippen LogP contribution in [0.15, 0.2) is 60.8 Å². The van der Waals surface area contributed by atoms with E-state index in [-0.39, 0.29) is 25.0 Å². The van der Waals surface area contributed by atoms with Crippen LogP contribution in [0, 0.1) is 23.7 Å². The fraction of sp³-hybridized carbons (Fsp3) is 0.500. The van der Waals surface area contributed by atoms with Gasteiger partial charge in [0.1, 0.15) is 11.6 Å². The lowest BCUT2D eigenvalue weighted by Gasteiger charge is -2.53. The molecule has 4 saturated carbocycles. The van der Waals surface area contributed by atoms with Crippen molar-refractivity contribution in [1.29, 1.82) is 0 Å². The number of aromatic nitrogens is 1. The molecule has 7 nitrogen and oxygen atoms in total. The highest BCUT2D eigenvalue weighted by Gasteiger charge is 2.50. The molecule has 2 atom stereocenters. The summed E-state index contributed by atoms with van der Waals surface area (Å²) < 4.78 is 6.12. The lowest BCUT2D eigenvalue weighted by Crippen LogP contribution is -2.61. The third-order valence-corrected chi connectivity index (χ3v) is 9.36. The second-order valence-corrected chi connectivity index (χ2v) is 12.3. The summed E-state index contributed by atoms with van der Waals surface area (Å²) in [7, 11) is 0. The highest BCUT2D eigenvalue weighted by atomic mass is 16.6.